The maximum atomic E-state index is 12.9. The molecule has 8 heteroatoms. The Morgan fingerprint density at radius 2 is 1.36 bits per heavy atom. The predicted octanol–water partition coefficient (Wildman–Crippen LogP) is 4.23. The number of esters is 1. The number of carbonyl (C=O) groups excluding carboxylic acids is 1. The Kier molecular flexibility index (Phi) is 5.10. The van der Waals surface area contributed by atoms with E-state index in [1.165, 1.54) is 12.1 Å². The quantitative estimate of drug-likeness (QED) is 0.227. The molecule has 0 radical (unpaired) electrons. The maximum absolute atomic E-state index is 12.9. The van der Waals surface area contributed by atoms with Crippen molar-refractivity contribution in [3.8, 4) is 23.0 Å². The molecule has 0 fully saturated rings. The first-order valence-corrected chi connectivity index (χ1v) is 10.1. The Bertz CT molecular complexity index is 1110. The second kappa shape index (κ2) is 7.05. The van der Waals surface area contributed by atoms with E-state index in [9.17, 15) is 15.0 Å². The van der Waals surface area contributed by atoms with Gasteiger partial charge in [0, 0.05) is 36.0 Å². The van der Waals surface area contributed by atoms with Gasteiger partial charge in [0.15, 0.2) is 5.60 Å². The molecule has 0 aliphatic carbocycles. The molecule has 1 spiro atoms. The van der Waals surface area contributed by atoms with Crippen LogP contribution in [-0.4, -0.2) is 45.7 Å². The minimum absolute atomic E-state index is 0. The van der Waals surface area contributed by atoms with Gasteiger partial charge in [-0.25, -0.2) is 4.79 Å². The zero-order valence-electron chi connectivity index (χ0n) is 13.5. The van der Waals surface area contributed by atoms with Gasteiger partial charge in [0.05, 0.1) is 5.56 Å². The van der Waals surface area contributed by atoms with Gasteiger partial charge in [0.2, 0.25) is 0 Å². The van der Waals surface area contributed by atoms with E-state index >= 15 is 0 Å². The number of phenolic OH excluding ortho intramolecular Hbond substituents is 2. The van der Waals surface area contributed by atoms with Crippen molar-refractivity contribution in [2.24, 2.45) is 0 Å². The zero-order valence-corrected chi connectivity index (χ0v) is 17.8. The van der Waals surface area contributed by atoms with Crippen LogP contribution >= 0.6 is 45.2 Å². The third-order valence-corrected chi connectivity index (χ3v) is 7.88. The first-order chi connectivity index (χ1) is 12.9. The van der Waals surface area contributed by atoms with Crippen molar-refractivity contribution >= 4 is 80.7 Å². The summed E-state index contributed by atoms with van der Waals surface area (Å²) >= 11 is 4.35. The molecule has 2 heterocycles. The third-order valence-electron chi connectivity index (χ3n) is 4.83. The molecule has 5 rings (SSSR count). The molecule has 0 saturated carbocycles. The van der Waals surface area contributed by atoms with Gasteiger partial charge < -0.3 is 19.7 Å². The first kappa shape index (κ1) is 20.3. The van der Waals surface area contributed by atoms with Crippen LogP contribution in [0.4, 0.5) is 0 Å². The van der Waals surface area contributed by atoms with Crippen molar-refractivity contribution in [1.29, 1.82) is 0 Å². The van der Waals surface area contributed by atoms with Crippen molar-refractivity contribution in [2.75, 3.05) is 0 Å². The molecule has 0 amide bonds. The summed E-state index contributed by atoms with van der Waals surface area (Å²) < 4.78 is 13.7. The van der Waals surface area contributed by atoms with Gasteiger partial charge in [-0.3, -0.25) is 0 Å². The molecule has 3 aromatic carbocycles. The van der Waals surface area contributed by atoms with E-state index < -0.39 is 11.6 Å². The van der Waals surface area contributed by atoms with Gasteiger partial charge in [-0.15, -0.1) is 0 Å². The van der Waals surface area contributed by atoms with Gasteiger partial charge in [-0.2, -0.15) is 0 Å². The summed E-state index contributed by atoms with van der Waals surface area (Å²) in [4.78, 5) is 12.9. The minimum atomic E-state index is -1.19. The Labute approximate surface area is 209 Å². The average molecular weight is 608 g/mol. The monoisotopic (exact) mass is 608 g/mol. The third kappa shape index (κ3) is 2.70. The van der Waals surface area contributed by atoms with Crippen LogP contribution in [0.15, 0.2) is 48.5 Å². The van der Waals surface area contributed by atoms with E-state index in [0.29, 0.717) is 28.2 Å². The van der Waals surface area contributed by atoms with Gasteiger partial charge in [0.1, 0.15) is 23.0 Å². The number of hydrogen-bond donors (Lipinski definition) is 2. The van der Waals surface area contributed by atoms with Crippen LogP contribution in [0.25, 0.3) is 0 Å². The fraction of sp³-hybridized carbons (Fsp3) is 0.0500. The molecule has 28 heavy (non-hydrogen) atoms. The fourth-order valence-electron chi connectivity index (χ4n) is 3.72. The summed E-state index contributed by atoms with van der Waals surface area (Å²) in [5.41, 5.74) is 1.31. The van der Waals surface area contributed by atoms with E-state index in [2.05, 4.69) is 45.2 Å². The molecule has 0 atom stereocenters. The predicted molar refractivity (Wildman–Crippen MR) is 121 cm³/mol. The number of halogens is 2. The topological polar surface area (TPSA) is 76.0 Å². The number of aromatic hydroxyl groups is 2. The number of ether oxygens (including phenoxy) is 2. The average Bonchev–Trinajstić information content (AvgIpc) is 2.91. The van der Waals surface area contributed by atoms with Gasteiger partial charge in [0.25, 0.3) is 0 Å². The Balaban J connectivity index is 0.00000192. The molecular weight excluding hydrogens is 597 g/mol. The number of benzene rings is 3. The molecule has 2 N–H and O–H groups in total. The Hall–Kier alpha value is -1.01. The van der Waals surface area contributed by atoms with Crippen LogP contribution in [0.1, 0.15) is 27.0 Å². The van der Waals surface area contributed by atoms with Crippen LogP contribution in [0, 0.1) is 7.14 Å². The summed E-state index contributed by atoms with van der Waals surface area (Å²) in [7, 11) is 0. The van der Waals surface area contributed by atoms with Crippen LogP contribution in [0.3, 0.4) is 0 Å². The first-order valence-electron chi connectivity index (χ1n) is 7.98. The molecule has 5 nitrogen and oxygen atoms in total. The van der Waals surface area contributed by atoms with E-state index in [-0.39, 0.29) is 41.1 Å². The van der Waals surface area contributed by atoms with Crippen LogP contribution in [0.5, 0.6) is 23.0 Å². The van der Waals surface area contributed by atoms with Gasteiger partial charge in [-0.05, 0) is 75.5 Å². The summed E-state index contributed by atoms with van der Waals surface area (Å²) in [6.45, 7) is 0. The number of carbonyl (C=O) groups is 1. The molecule has 2 aliphatic rings. The fourth-order valence-corrected chi connectivity index (χ4v) is 4.86. The molecule has 136 valence electrons. The van der Waals surface area contributed by atoms with E-state index in [1.807, 2.05) is 12.1 Å². The molecule has 2 aliphatic heterocycles. The second-order valence-corrected chi connectivity index (χ2v) is 8.56. The number of phenols is 2. The van der Waals surface area contributed by atoms with Crippen molar-refractivity contribution in [3.05, 3.63) is 77.9 Å². The second-order valence-electron chi connectivity index (χ2n) is 6.32. The summed E-state index contributed by atoms with van der Waals surface area (Å²) in [6.07, 6.45) is 0. The molecule has 0 saturated heterocycles. The SMILES string of the molecule is O=C1OC2(c3ccc(O)cc3Oc3cc(O)ccc32)c2ccc(I)c(I)c21.[NaH]. The molecule has 0 bridgehead atoms. The summed E-state index contributed by atoms with van der Waals surface area (Å²) in [5, 5.41) is 19.8. The van der Waals surface area contributed by atoms with E-state index in [4.69, 9.17) is 9.47 Å². The Morgan fingerprint density at radius 3 is 1.93 bits per heavy atom. The zero-order chi connectivity index (χ0) is 18.9. The van der Waals surface area contributed by atoms with Crippen LogP contribution in [0.2, 0.25) is 0 Å². The van der Waals surface area contributed by atoms with Crippen LogP contribution < -0.4 is 4.74 Å². The van der Waals surface area contributed by atoms with Crippen molar-refractivity contribution in [1.82, 2.24) is 0 Å². The van der Waals surface area contributed by atoms with E-state index in [1.54, 1.807) is 24.3 Å². The molecule has 0 unspecified atom stereocenters. The normalized spacial score (nSPS) is 15.0. The number of rotatable bonds is 0. The number of hydrogen-bond acceptors (Lipinski definition) is 5. The summed E-state index contributed by atoms with van der Waals surface area (Å²) in [5.74, 6) is 0.418. The molecule has 3 aromatic rings. The summed E-state index contributed by atoms with van der Waals surface area (Å²) in [6, 6.07) is 13.3. The Morgan fingerprint density at radius 1 is 0.821 bits per heavy atom. The van der Waals surface area contributed by atoms with Gasteiger partial charge in [-0.1, -0.05) is 6.07 Å². The van der Waals surface area contributed by atoms with Crippen molar-refractivity contribution in [3.63, 3.8) is 0 Å². The molecule has 0 aromatic heterocycles. The standard InChI is InChI=1S/C20H10I2O5.Na.H/c21-14-6-5-13-17(18(14)22)19(25)27-20(13)11-3-1-9(23)7-15(11)26-16-8-10(24)2-4-12(16)20;;/h1-8,23-24H;;. The van der Waals surface area contributed by atoms with E-state index in [0.717, 1.165) is 12.7 Å². The van der Waals surface area contributed by atoms with Crippen molar-refractivity contribution in [2.45, 2.75) is 5.60 Å². The number of fused-ring (bicyclic) bond motifs is 6. The van der Waals surface area contributed by atoms with Crippen molar-refractivity contribution < 1.29 is 24.5 Å². The van der Waals surface area contributed by atoms with Gasteiger partial charge >= 0.3 is 35.5 Å². The van der Waals surface area contributed by atoms with Crippen LogP contribution in [-0.2, 0) is 10.3 Å². The molecular formula is C20H11I2NaO5.